The molecule has 1 rings (SSSR count). The van der Waals surface area contributed by atoms with Crippen LogP contribution in [0.2, 0.25) is 5.02 Å². The third-order valence-corrected chi connectivity index (χ3v) is 3.07. The van der Waals surface area contributed by atoms with Crippen molar-refractivity contribution in [1.29, 1.82) is 0 Å². The molecule has 0 heterocycles. The molecule has 7 heteroatoms. The number of carbonyl (C=O) groups excluding carboxylic acids is 2. The van der Waals surface area contributed by atoms with Gasteiger partial charge in [0.15, 0.2) is 0 Å². The number of hydrogen-bond acceptors (Lipinski definition) is 6. The van der Waals surface area contributed by atoms with Crippen LogP contribution in [0.25, 0.3) is 0 Å². The van der Waals surface area contributed by atoms with Crippen molar-refractivity contribution in [2.45, 2.75) is 26.9 Å². The lowest BCUT2D eigenvalue weighted by atomic mass is 10.2. The lowest BCUT2D eigenvalue weighted by Gasteiger charge is -2.10. The van der Waals surface area contributed by atoms with Crippen LogP contribution in [0.3, 0.4) is 0 Å². The summed E-state index contributed by atoms with van der Waals surface area (Å²) < 4.78 is 9.64. The number of benzene rings is 1. The molecule has 0 saturated heterocycles. The van der Waals surface area contributed by atoms with Crippen molar-refractivity contribution in [2.24, 2.45) is 4.99 Å². The van der Waals surface area contributed by atoms with Gasteiger partial charge in [-0.05, 0) is 32.9 Å². The van der Waals surface area contributed by atoms with E-state index in [1.807, 2.05) is 0 Å². The molecule has 0 aliphatic carbocycles. The fourth-order valence-corrected chi connectivity index (χ4v) is 1.84. The molecule has 1 aromatic rings. The molecule has 0 aromatic heterocycles. The van der Waals surface area contributed by atoms with Gasteiger partial charge in [0.2, 0.25) is 0 Å². The zero-order chi connectivity index (χ0) is 17.6. The molecule has 0 amide bonds. The highest BCUT2D eigenvalue weighted by Crippen LogP contribution is 2.29. The Morgan fingerprint density at radius 2 is 2.00 bits per heavy atom. The van der Waals surface area contributed by atoms with Gasteiger partial charge in [0, 0.05) is 6.21 Å². The molecule has 0 bridgehead atoms. The number of hydrogen-bond donors (Lipinski definition) is 1. The van der Waals surface area contributed by atoms with Crippen LogP contribution in [0.4, 0.5) is 5.69 Å². The first-order chi connectivity index (χ1) is 10.8. The number of rotatable bonds is 5. The number of ether oxygens (including phenoxy) is 2. The van der Waals surface area contributed by atoms with E-state index < -0.39 is 11.9 Å². The van der Waals surface area contributed by atoms with Gasteiger partial charge >= 0.3 is 11.9 Å². The third-order valence-electron chi connectivity index (χ3n) is 2.67. The maximum Gasteiger partial charge on any atom is 0.342 e. The molecule has 0 aliphatic heterocycles. The van der Waals surface area contributed by atoms with Gasteiger partial charge in [-0.25, -0.2) is 9.59 Å². The lowest BCUT2D eigenvalue weighted by molar-refractivity contribution is -0.135. The summed E-state index contributed by atoms with van der Waals surface area (Å²) in [6.45, 7) is 4.78. The highest BCUT2D eigenvalue weighted by molar-refractivity contribution is 6.36. The monoisotopic (exact) mass is 339 g/mol. The zero-order valence-corrected chi connectivity index (χ0v) is 14.0. The van der Waals surface area contributed by atoms with Gasteiger partial charge in [0.05, 0.1) is 29.5 Å². The van der Waals surface area contributed by atoms with Crippen LogP contribution in [0.5, 0.6) is 0 Å². The zero-order valence-electron chi connectivity index (χ0n) is 13.3. The number of aliphatic hydroxyl groups excluding tert-OH is 1. The van der Waals surface area contributed by atoms with Crippen LogP contribution < -0.4 is 0 Å². The quantitative estimate of drug-likeness (QED) is 0.383. The van der Waals surface area contributed by atoms with Crippen LogP contribution in [-0.4, -0.2) is 36.5 Å². The Labute approximate surface area is 139 Å². The Morgan fingerprint density at radius 1 is 1.35 bits per heavy atom. The molecule has 0 saturated carbocycles. The SMILES string of the molecule is COC(=O)C(C=Nc1cccc(C(=O)OC(C)C)c1Cl)=C(C)O. The molecule has 6 nitrogen and oxygen atoms in total. The standard InChI is InChI=1S/C16H18ClNO5/c1-9(2)23-16(21)11-6-5-7-13(14(11)17)18-8-12(10(3)19)15(20)22-4/h5-9,19H,1-4H3. The third kappa shape index (κ3) is 5.10. The minimum absolute atomic E-state index is 0.0919. The van der Waals surface area contributed by atoms with E-state index in [0.717, 1.165) is 6.21 Å². The van der Waals surface area contributed by atoms with E-state index in [1.54, 1.807) is 26.0 Å². The number of aliphatic imine (C=N–C) groups is 1. The smallest absolute Gasteiger partial charge is 0.342 e. The largest absolute Gasteiger partial charge is 0.512 e. The molecule has 0 atom stereocenters. The molecule has 1 aromatic carbocycles. The molecule has 1 N–H and O–H groups in total. The maximum atomic E-state index is 11.9. The van der Waals surface area contributed by atoms with Gasteiger partial charge in [0.25, 0.3) is 0 Å². The topological polar surface area (TPSA) is 85.2 Å². The predicted molar refractivity (Wildman–Crippen MR) is 87.5 cm³/mol. The van der Waals surface area contributed by atoms with E-state index in [1.165, 1.54) is 20.1 Å². The van der Waals surface area contributed by atoms with E-state index >= 15 is 0 Å². The molecule has 0 fully saturated rings. The number of aliphatic hydroxyl groups is 1. The van der Waals surface area contributed by atoms with E-state index in [2.05, 4.69) is 9.73 Å². The highest BCUT2D eigenvalue weighted by Gasteiger charge is 2.16. The van der Waals surface area contributed by atoms with E-state index in [9.17, 15) is 14.7 Å². The van der Waals surface area contributed by atoms with Crippen molar-refractivity contribution in [3.63, 3.8) is 0 Å². The summed E-state index contributed by atoms with van der Waals surface area (Å²) in [5.41, 5.74) is 0.311. The summed E-state index contributed by atoms with van der Waals surface area (Å²) in [6, 6.07) is 4.66. The Bertz CT molecular complexity index is 660. The van der Waals surface area contributed by atoms with Gasteiger partial charge in [-0.15, -0.1) is 0 Å². The molecule has 0 aliphatic rings. The van der Waals surface area contributed by atoms with Crippen LogP contribution in [0.1, 0.15) is 31.1 Å². The Balaban J connectivity index is 3.16. The molecule has 23 heavy (non-hydrogen) atoms. The van der Waals surface area contributed by atoms with Gasteiger partial charge in [-0.1, -0.05) is 17.7 Å². The molecular formula is C16H18ClNO5. The predicted octanol–water partition coefficient (Wildman–Crippen LogP) is 3.61. The number of carbonyl (C=O) groups is 2. The van der Waals surface area contributed by atoms with E-state index in [4.69, 9.17) is 16.3 Å². The summed E-state index contributed by atoms with van der Waals surface area (Å²) in [5, 5.41) is 9.58. The molecule has 0 spiro atoms. The minimum Gasteiger partial charge on any atom is -0.512 e. The van der Waals surface area contributed by atoms with E-state index in [0.29, 0.717) is 0 Å². The van der Waals surface area contributed by atoms with Crippen LogP contribution >= 0.6 is 11.6 Å². The molecule has 0 unspecified atom stereocenters. The fourth-order valence-electron chi connectivity index (χ4n) is 1.59. The van der Waals surface area contributed by atoms with Gasteiger partial charge < -0.3 is 14.6 Å². The first kappa shape index (κ1) is 18.7. The molecule has 124 valence electrons. The molecular weight excluding hydrogens is 322 g/mol. The lowest BCUT2D eigenvalue weighted by Crippen LogP contribution is -2.12. The summed E-state index contributed by atoms with van der Waals surface area (Å²) in [7, 11) is 1.19. The number of allylic oxidation sites excluding steroid dienone is 1. The van der Waals surface area contributed by atoms with E-state index in [-0.39, 0.29) is 33.7 Å². The van der Waals surface area contributed by atoms with Gasteiger partial charge in [-0.2, -0.15) is 0 Å². The molecule has 0 radical (unpaired) electrons. The summed E-state index contributed by atoms with van der Waals surface area (Å²) >= 11 is 6.15. The second-order valence-electron chi connectivity index (χ2n) is 4.84. The van der Waals surface area contributed by atoms with Crippen LogP contribution in [-0.2, 0) is 14.3 Å². The van der Waals surface area contributed by atoms with Crippen molar-refractivity contribution < 1.29 is 24.2 Å². The number of nitrogens with zero attached hydrogens (tertiary/aromatic N) is 1. The van der Waals surface area contributed by atoms with Crippen molar-refractivity contribution in [3.8, 4) is 0 Å². The summed E-state index contributed by atoms with van der Waals surface area (Å²) in [6.07, 6.45) is 0.844. The average Bonchev–Trinajstić information content (AvgIpc) is 2.47. The maximum absolute atomic E-state index is 11.9. The van der Waals surface area contributed by atoms with Crippen molar-refractivity contribution in [2.75, 3.05) is 7.11 Å². The summed E-state index contributed by atoms with van der Waals surface area (Å²) in [4.78, 5) is 27.5. The Hall–Kier alpha value is -2.34. The summed E-state index contributed by atoms with van der Waals surface area (Å²) in [5.74, 6) is -1.54. The number of halogens is 1. The van der Waals surface area contributed by atoms with Crippen molar-refractivity contribution in [1.82, 2.24) is 0 Å². The highest BCUT2D eigenvalue weighted by atomic mass is 35.5. The van der Waals surface area contributed by atoms with Crippen LogP contribution in [0, 0.1) is 0 Å². The average molecular weight is 340 g/mol. The Kier molecular flexibility index (Phi) is 6.78. The van der Waals surface area contributed by atoms with Crippen LogP contribution in [0.15, 0.2) is 34.5 Å². The normalized spacial score (nSPS) is 12.3. The first-order valence-corrected chi connectivity index (χ1v) is 7.17. The first-order valence-electron chi connectivity index (χ1n) is 6.79. The fraction of sp³-hybridized carbons (Fsp3) is 0.312. The second-order valence-corrected chi connectivity index (χ2v) is 5.22. The van der Waals surface area contributed by atoms with Crippen molar-refractivity contribution >= 4 is 35.4 Å². The van der Waals surface area contributed by atoms with Gasteiger partial charge in [0.1, 0.15) is 11.3 Å². The number of methoxy groups -OCH3 is 1. The Morgan fingerprint density at radius 3 is 2.52 bits per heavy atom. The second kappa shape index (κ2) is 8.33. The number of esters is 2. The van der Waals surface area contributed by atoms with Gasteiger partial charge in [-0.3, -0.25) is 4.99 Å². The minimum atomic E-state index is -0.736. The van der Waals surface area contributed by atoms with Crippen molar-refractivity contribution in [3.05, 3.63) is 40.1 Å².